The molecule has 2 fully saturated rings. The number of carbonyl (C=O) groups is 1. The van der Waals surface area contributed by atoms with Crippen molar-refractivity contribution in [2.75, 3.05) is 32.0 Å². The van der Waals surface area contributed by atoms with Crippen LogP contribution in [-0.4, -0.2) is 52.3 Å². The summed E-state index contributed by atoms with van der Waals surface area (Å²) in [6.07, 6.45) is 2.04. The van der Waals surface area contributed by atoms with Gasteiger partial charge in [-0.05, 0) is 36.3 Å². The number of para-hydroxylation sites is 2. The fraction of sp³-hybridized carbons (Fsp3) is 0.667. The Kier molecular flexibility index (Phi) is 5.38. The summed E-state index contributed by atoms with van der Waals surface area (Å²) in [5.41, 5.74) is -0.969. The Hall–Kier alpha value is -1.64. The van der Waals surface area contributed by atoms with Crippen LogP contribution >= 0.6 is 0 Å². The molecule has 1 heterocycles. The quantitative estimate of drug-likeness (QED) is 0.620. The van der Waals surface area contributed by atoms with Gasteiger partial charge in [-0.15, -0.1) is 0 Å². The number of benzene rings is 1. The van der Waals surface area contributed by atoms with Gasteiger partial charge in [-0.25, -0.2) is 13.1 Å². The Labute approximate surface area is 172 Å². The van der Waals surface area contributed by atoms with E-state index in [4.69, 9.17) is 9.47 Å². The first-order valence-electron chi connectivity index (χ1n) is 10.3. The van der Waals surface area contributed by atoms with Gasteiger partial charge in [-0.3, -0.25) is 4.79 Å². The van der Waals surface area contributed by atoms with Crippen LogP contribution in [0.15, 0.2) is 24.3 Å². The maximum Gasteiger partial charge on any atom is 0.212 e. The van der Waals surface area contributed by atoms with Crippen molar-refractivity contribution in [2.45, 2.75) is 39.2 Å². The van der Waals surface area contributed by atoms with Gasteiger partial charge in [0.1, 0.15) is 18.5 Å². The molecule has 4 rings (SSSR count). The second kappa shape index (κ2) is 7.56. The van der Waals surface area contributed by atoms with Crippen molar-refractivity contribution >= 4 is 15.8 Å². The van der Waals surface area contributed by atoms with Gasteiger partial charge in [-0.1, -0.05) is 26.0 Å². The molecule has 0 radical (unpaired) electrons. The number of rotatable bonds is 8. The third-order valence-electron chi connectivity index (χ3n) is 7.14. The summed E-state index contributed by atoms with van der Waals surface area (Å²) in [7, 11) is -3.52. The number of hydrogen-bond acceptors (Lipinski definition) is 6. The molecule has 0 saturated heterocycles. The summed E-state index contributed by atoms with van der Waals surface area (Å²) in [6, 6.07) is 7.54. The number of carbonyl (C=O) groups excluding carboxylic acids is 1. The first kappa shape index (κ1) is 20.6. The standard InChI is InChI=1S/C21H30N2O5S/c1-20(2)15-7-8-21(20,19(24)11-15)14-29(25,26)23-10-9-22-12-16-13-27-17-5-3-4-6-18(17)28-16/h3-6,15-16,22-23H,7-14H2,1-2H3/t15?,16?,21-/m0/s1. The summed E-state index contributed by atoms with van der Waals surface area (Å²) in [4.78, 5) is 12.6. The van der Waals surface area contributed by atoms with E-state index in [9.17, 15) is 13.2 Å². The minimum atomic E-state index is -3.52. The third-order valence-corrected chi connectivity index (χ3v) is 8.66. The Balaban J connectivity index is 1.22. The number of ether oxygens (including phenoxy) is 2. The monoisotopic (exact) mass is 422 g/mol. The van der Waals surface area contributed by atoms with Crippen LogP contribution in [-0.2, 0) is 14.8 Å². The predicted molar refractivity (Wildman–Crippen MR) is 110 cm³/mol. The first-order valence-corrected chi connectivity index (χ1v) is 12.0. The van der Waals surface area contributed by atoms with Gasteiger partial charge in [0.2, 0.25) is 10.0 Å². The molecule has 8 heteroatoms. The summed E-state index contributed by atoms with van der Waals surface area (Å²) in [6.45, 7) is 5.88. The van der Waals surface area contributed by atoms with E-state index < -0.39 is 15.4 Å². The van der Waals surface area contributed by atoms with Crippen LogP contribution in [0.1, 0.15) is 33.1 Å². The van der Waals surface area contributed by atoms with E-state index in [1.165, 1.54) is 0 Å². The van der Waals surface area contributed by atoms with E-state index >= 15 is 0 Å². The Bertz CT molecular complexity index is 885. The van der Waals surface area contributed by atoms with Gasteiger partial charge in [0.05, 0.1) is 5.75 Å². The molecular formula is C21H30N2O5S. The topological polar surface area (TPSA) is 93.7 Å². The second-order valence-corrected chi connectivity index (χ2v) is 10.8. The molecule has 0 amide bonds. The molecule has 160 valence electrons. The maximum absolute atomic E-state index is 12.7. The van der Waals surface area contributed by atoms with Crippen LogP contribution in [0.5, 0.6) is 11.5 Å². The van der Waals surface area contributed by atoms with Crippen LogP contribution in [0.4, 0.5) is 0 Å². The lowest BCUT2D eigenvalue weighted by molar-refractivity contribution is -0.128. The van der Waals surface area contributed by atoms with Gasteiger partial charge >= 0.3 is 0 Å². The number of ketones is 1. The van der Waals surface area contributed by atoms with Gasteiger partial charge in [-0.2, -0.15) is 0 Å². The van der Waals surface area contributed by atoms with Gasteiger partial charge < -0.3 is 14.8 Å². The zero-order valence-corrected chi connectivity index (χ0v) is 17.9. The first-order chi connectivity index (χ1) is 13.7. The van der Waals surface area contributed by atoms with Crippen LogP contribution in [0.2, 0.25) is 0 Å². The van der Waals surface area contributed by atoms with E-state index in [2.05, 4.69) is 23.9 Å². The minimum absolute atomic E-state index is 0.0985. The summed E-state index contributed by atoms with van der Waals surface area (Å²) < 4.78 is 39.5. The maximum atomic E-state index is 12.7. The van der Waals surface area contributed by atoms with Crippen molar-refractivity contribution in [2.24, 2.45) is 16.7 Å². The van der Waals surface area contributed by atoms with Gasteiger partial charge in [0.25, 0.3) is 0 Å². The van der Waals surface area contributed by atoms with Crippen molar-refractivity contribution in [3.63, 3.8) is 0 Å². The molecule has 0 spiro atoms. The molecule has 2 aliphatic carbocycles. The van der Waals surface area contributed by atoms with E-state index in [0.717, 1.165) is 17.9 Å². The second-order valence-electron chi connectivity index (χ2n) is 9.02. The van der Waals surface area contributed by atoms with Gasteiger partial charge in [0, 0.05) is 31.5 Å². The lowest BCUT2D eigenvalue weighted by atomic mass is 9.70. The molecule has 3 atom stereocenters. The number of hydrogen-bond donors (Lipinski definition) is 2. The minimum Gasteiger partial charge on any atom is -0.486 e. The number of fused-ring (bicyclic) bond motifs is 3. The molecule has 29 heavy (non-hydrogen) atoms. The smallest absolute Gasteiger partial charge is 0.212 e. The van der Waals surface area contributed by atoms with E-state index in [0.29, 0.717) is 38.5 Å². The summed E-state index contributed by atoms with van der Waals surface area (Å²) in [5.74, 6) is 1.81. The van der Waals surface area contributed by atoms with Crippen molar-refractivity contribution in [3.8, 4) is 11.5 Å². The Morgan fingerprint density at radius 1 is 1.17 bits per heavy atom. The van der Waals surface area contributed by atoms with Crippen molar-refractivity contribution in [1.29, 1.82) is 0 Å². The lowest BCUT2D eigenvalue weighted by Crippen LogP contribution is -2.46. The van der Waals surface area contributed by atoms with Crippen molar-refractivity contribution in [3.05, 3.63) is 24.3 Å². The van der Waals surface area contributed by atoms with Crippen LogP contribution in [0.3, 0.4) is 0 Å². The average Bonchev–Trinajstić information content (AvgIpc) is 3.01. The van der Waals surface area contributed by atoms with Crippen molar-refractivity contribution < 1.29 is 22.7 Å². The molecule has 3 aliphatic rings. The highest BCUT2D eigenvalue weighted by atomic mass is 32.2. The highest BCUT2D eigenvalue weighted by molar-refractivity contribution is 7.89. The lowest BCUT2D eigenvalue weighted by Gasteiger charge is -2.36. The Morgan fingerprint density at radius 3 is 2.62 bits per heavy atom. The zero-order valence-electron chi connectivity index (χ0n) is 17.1. The molecule has 0 aromatic heterocycles. The highest BCUT2D eigenvalue weighted by Crippen LogP contribution is 2.64. The number of Topliss-reactive ketones (excluding diaryl/α,β-unsaturated/α-hetero) is 1. The SMILES string of the molecule is CC1(C)C2CC[C@]1(CS(=O)(=O)NCCNCC1COc3ccccc3O1)C(=O)C2. The van der Waals surface area contributed by atoms with Crippen LogP contribution in [0, 0.1) is 16.7 Å². The summed E-state index contributed by atoms with van der Waals surface area (Å²) in [5, 5.41) is 3.21. The molecule has 2 saturated carbocycles. The molecule has 2 N–H and O–H groups in total. The largest absolute Gasteiger partial charge is 0.486 e. The Morgan fingerprint density at radius 2 is 1.93 bits per heavy atom. The molecule has 2 bridgehead atoms. The van der Waals surface area contributed by atoms with Gasteiger partial charge in [0.15, 0.2) is 11.5 Å². The van der Waals surface area contributed by atoms with E-state index in [-0.39, 0.29) is 29.6 Å². The third kappa shape index (κ3) is 3.78. The normalized spacial score (nSPS) is 29.9. The van der Waals surface area contributed by atoms with Crippen LogP contribution < -0.4 is 19.5 Å². The molecule has 1 aromatic rings. The summed E-state index contributed by atoms with van der Waals surface area (Å²) >= 11 is 0. The number of nitrogens with one attached hydrogen (secondary N) is 2. The van der Waals surface area contributed by atoms with Crippen LogP contribution in [0.25, 0.3) is 0 Å². The van der Waals surface area contributed by atoms with E-state index in [1.807, 2.05) is 24.3 Å². The van der Waals surface area contributed by atoms with E-state index in [1.54, 1.807) is 0 Å². The number of sulfonamides is 1. The average molecular weight is 423 g/mol. The van der Waals surface area contributed by atoms with Crippen molar-refractivity contribution in [1.82, 2.24) is 10.0 Å². The molecule has 1 aliphatic heterocycles. The predicted octanol–water partition coefficient (Wildman–Crippen LogP) is 1.73. The fourth-order valence-corrected chi connectivity index (χ4v) is 7.05. The fourth-order valence-electron chi connectivity index (χ4n) is 5.21. The highest BCUT2D eigenvalue weighted by Gasteiger charge is 2.65. The molecule has 1 aromatic carbocycles. The molecule has 7 nitrogen and oxygen atoms in total. The zero-order chi connectivity index (χ0) is 20.7. The molecule has 2 unspecified atom stereocenters. The molecular weight excluding hydrogens is 392 g/mol.